The predicted molar refractivity (Wildman–Crippen MR) is 117 cm³/mol. The Hall–Kier alpha value is -2.53. The lowest BCUT2D eigenvalue weighted by atomic mass is 9.95. The highest BCUT2D eigenvalue weighted by molar-refractivity contribution is 7.89. The Balaban J connectivity index is 2.07. The maximum atomic E-state index is 15.4. The lowest BCUT2D eigenvalue weighted by Gasteiger charge is -2.29. The summed E-state index contributed by atoms with van der Waals surface area (Å²) in [7, 11) is -4.09. The van der Waals surface area contributed by atoms with E-state index in [1.54, 1.807) is 0 Å². The van der Waals surface area contributed by atoms with Crippen molar-refractivity contribution in [3.63, 3.8) is 0 Å². The molecule has 5 nitrogen and oxygen atoms in total. The van der Waals surface area contributed by atoms with Gasteiger partial charge in [0.15, 0.2) is 11.6 Å². The van der Waals surface area contributed by atoms with Gasteiger partial charge in [0, 0.05) is 17.0 Å². The summed E-state index contributed by atoms with van der Waals surface area (Å²) in [5.74, 6) is -8.81. The van der Waals surface area contributed by atoms with Gasteiger partial charge in [0.1, 0.15) is 11.9 Å². The molecule has 0 unspecified atom stereocenters. The van der Waals surface area contributed by atoms with Crippen molar-refractivity contribution in [3.05, 3.63) is 59.4 Å². The molecule has 34 heavy (non-hydrogen) atoms. The minimum absolute atomic E-state index is 0.147. The van der Waals surface area contributed by atoms with E-state index < -0.39 is 76.0 Å². The predicted octanol–water partition coefficient (Wildman–Crippen LogP) is 4.12. The second-order valence-corrected chi connectivity index (χ2v) is 10.6. The van der Waals surface area contributed by atoms with Gasteiger partial charge in [-0.05, 0) is 25.0 Å². The third kappa shape index (κ3) is 5.10. The Kier molecular flexibility index (Phi) is 7.37. The minimum atomic E-state index is -4.09. The number of hydrogen-bond donors (Lipinski definition) is 1. The van der Waals surface area contributed by atoms with Crippen LogP contribution in [-0.2, 0) is 21.2 Å². The van der Waals surface area contributed by atoms with Crippen LogP contribution in [0.5, 0.6) is 0 Å². The molecule has 1 saturated heterocycles. The second kappa shape index (κ2) is 9.61. The fourth-order valence-electron chi connectivity index (χ4n) is 4.03. The number of halogens is 5. The molecule has 2 aromatic rings. The number of carbonyl (C=O) groups is 1. The van der Waals surface area contributed by atoms with Gasteiger partial charge in [0.25, 0.3) is 5.92 Å². The summed E-state index contributed by atoms with van der Waals surface area (Å²) in [6.45, 7) is 3.26. The van der Waals surface area contributed by atoms with Gasteiger partial charge in [-0.3, -0.25) is 4.79 Å². The van der Waals surface area contributed by atoms with E-state index in [2.05, 4.69) is 0 Å². The van der Waals surface area contributed by atoms with E-state index in [1.165, 1.54) is 51.1 Å². The molecule has 1 aliphatic rings. The fraction of sp³-hybridized carbons (Fsp3) is 0.435. The van der Waals surface area contributed by atoms with Gasteiger partial charge in [-0.1, -0.05) is 44.2 Å². The molecule has 1 heterocycles. The summed E-state index contributed by atoms with van der Waals surface area (Å²) in [6.07, 6.45) is -0.471. The third-order valence-electron chi connectivity index (χ3n) is 5.83. The van der Waals surface area contributed by atoms with Crippen LogP contribution in [0, 0.1) is 23.4 Å². The summed E-state index contributed by atoms with van der Waals surface area (Å²) < 4.78 is 99.5. The maximum absolute atomic E-state index is 15.4. The molecular formula is C23H25F5N2O3S. The van der Waals surface area contributed by atoms with E-state index >= 15 is 4.39 Å². The molecule has 1 N–H and O–H groups in total. The molecule has 1 aliphatic heterocycles. The van der Waals surface area contributed by atoms with Crippen LogP contribution >= 0.6 is 0 Å². The number of nitrogens with zero attached hydrogens (tertiary/aromatic N) is 1. The highest BCUT2D eigenvalue weighted by Crippen LogP contribution is 2.37. The summed E-state index contributed by atoms with van der Waals surface area (Å²) >= 11 is 0. The Labute approximate surface area is 195 Å². The molecule has 3 rings (SSSR count). The van der Waals surface area contributed by atoms with Gasteiger partial charge in [-0.15, -0.1) is 0 Å². The summed E-state index contributed by atoms with van der Waals surface area (Å²) in [6, 6.07) is 3.70. The van der Waals surface area contributed by atoms with E-state index in [9.17, 15) is 30.8 Å². The van der Waals surface area contributed by atoms with E-state index in [0.717, 1.165) is 11.0 Å². The summed E-state index contributed by atoms with van der Waals surface area (Å²) in [5.41, 5.74) is -0.785. The molecule has 0 radical (unpaired) electrons. The molecule has 1 fully saturated rings. The molecule has 0 aliphatic carbocycles. The van der Waals surface area contributed by atoms with Crippen molar-refractivity contribution in [2.24, 2.45) is 5.92 Å². The molecule has 0 bridgehead atoms. The van der Waals surface area contributed by atoms with Gasteiger partial charge >= 0.3 is 0 Å². The molecule has 2 aromatic carbocycles. The van der Waals surface area contributed by atoms with Crippen LogP contribution in [0.4, 0.5) is 22.0 Å². The molecule has 0 spiro atoms. The van der Waals surface area contributed by atoms with E-state index in [4.69, 9.17) is 0 Å². The highest BCUT2D eigenvalue weighted by Gasteiger charge is 2.57. The quantitative estimate of drug-likeness (QED) is 0.577. The van der Waals surface area contributed by atoms with Crippen molar-refractivity contribution >= 4 is 15.9 Å². The number of sulfonamides is 1. The Morgan fingerprint density at radius 1 is 1.09 bits per heavy atom. The van der Waals surface area contributed by atoms with Crippen LogP contribution in [0.1, 0.15) is 26.3 Å². The zero-order valence-corrected chi connectivity index (χ0v) is 19.6. The SMILES string of the molecule is CCS(=O)(=O)N[C@@H]1[C@H](Cc2cccc(-c3cccc(F)c3F)c2F)N(C(=O)C(C)C)CC1(F)F. The summed E-state index contributed by atoms with van der Waals surface area (Å²) in [4.78, 5) is 13.6. The number of rotatable bonds is 7. The number of alkyl halides is 2. The van der Waals surface area contributed by atoms with Gasteiger partial charge in [0.2, 0.25) is 15.9 Å². The van der Waals surface area contributed by atoms with Crippen molar-refractivity contribution in [1.82, 2.24) is 9.62 Å². The van der Waals surface area contributed by atoms with Crippen LogP contribution < -0.4 is 4.72 Å². The van der Waals surface area contributed by atoms with Crippen molar-refractivity contribution < 1.29 is 35.2 Å². The van der Waals surface area contributed by atoms with Crippen molar-refractivity contribution in [3.8, 4) is 11.1 Å². The third-order valence-corrected chi connectivity index (χ3v) is 7.21. The standard InChI is InChI=1S/C23H25F5N2O3S/c1-4-34(32,33)29-21-18(30(12-23(21,27)28)22(31)13(2)3)11-14-7-5-8-15(19(14)25)16-9-6-10-17(24)20(16)26/h5-10,13,18,21,29H,4,11-12H2,1-3H3/t18-,21+/m0/s1. The fourth-order valence-corrected chi connectivity index (χ4v) is 4.91. The van der Waals surface area contributed by atoms with Crippen LogP contribution in [0.3, 0.4) is 0 Å². The first kappa shape index (κ1) is 26.1. The maximum Gasteiger partial charge on any atom is 0.283 e. The lowest BCUT2D eigenvalue weighted by Crippen LogP contribution is -2.53. The minimum Gasteiger partial charge on any atom is -0.331 e. The highest BCUT2D eigenvalue weighted by atomic mass is 32.2. The number of likely N-dealkylation sites (tertiary alicyclic amines) is 1. The molecule has 11 heteroatoms. The molecule has 1 amide bonds. The van der Waals surface area contributed by atoms with E-state index in [1.807, 2.05) is 4.72 Å². The second-order valence-electron chi connectivity index (χ2n) is 8.53. The average Bonchev–Trinajstić information content (AvgIpc) is 3.00. The van der Waals surface area contributed by atoms with E-state index in [0.29, 0.717) is 0 Å². The van der Waals surface area contributed by atoms with Crippen LogP contribution in [0.2, 0.25) is 0 Å². The first-order valence-electron chi connectivity index (χ1n) is 10.7. The molecule has 0 aromatic heterocycles. The van der Waals surface area contributed by atoms with Gasteiger partial charge < -0.3 is 4.90 Å². The number of carbonyl (C=O) groups excluding carboxylic acids is 1. The Bertz CT molecular complexity index is 1190. The van der Waals surface area contributed by atoms with Crippen molar-refractivity contribution in [2.75, 3.05) is 12.3 Å². The monoisotopic (exact) mass is 504 g/mol. The summed E-state index contributed by atoms with van der Waals surface area (Å²) in [5, 5.41) is 0. The lowest BCUT2D eigenvalue weighted by molar-refractivity contribution is -0.136. The first-order valence-corrected chi connectivity index (χ1v) is 12.3. The van der Waals surface area contributed by atoms with Gasteiger partial charge in [0.05, 0.1) is 18.3 Å². The number of amides is 1. The smallest absolute Gasteiger partial charge is 0.283 e. The van der Waals surface area contributed by atoms with Crippen LogP contribution in [0.25, 0.3) is 11.1 Å². The zero-order valence-electron chi connectivity index (χ0n) is 18.8. The topological polar surface area (TPSA) is 66.5 Å². The average molecular weight is 505 g/mol. The van der Waals surface area contributed by atoms with Crippen LogP contribution in [0.15, 0.2) is 36.4 Å². The molecule has 186 valence electrons. The van der Waals surface area contributed by atoms with Gasteiger partial charge in [-0.25, -0.2) is 35.1 Å². The van der Waals surface area contributed by atoms with E-state index in [-0.39, 0.29) is 16.7 Å². The molecular weight excluding hydrogens is 479 g/mol. The number of nitrogens with one attached hydrogen (secondary N) is 1. The Morgan fingerprint density at radius 3 is 2.26 bits per heavy atom. The van der Waals surface area contributed by atoms with Crippen molar-refractivity contribution in [1.29, 1.82) is 0 Å². The van der Waals surface area contributed by atoms with Crippen molar-refractivity contribution in [2.45, 2.75) is 45.2 Å². The molecule has 2 atom stereocenters. The number of hydrogen-bond acceptors (Lipinski definition) is 3. The van der Waals surface area contributed by atoms with Gasteiger partial charge in [-0.2, -0.15) is 0 Å². The van der Waals surface area contributed by atoms with Crippen LogP contribution in [-0.4, -0.2) is 49.5 Å². The largest absolute Gasteiger partial charge is 0.331 e. The normalized spacial score (nSPS) is 20.2. The first-order chi connectivity index (χ1) is 15.8. The Morgan fingerprint density at radius 2 is 1.68 bits per heavy atom. The molecule has 0 saturated carbocycles. The number of benzene rings is 2. The zero-order chi connectivity index (χ0) is 25.4.